The summed E-state index contributed by atoms with van der Waals surface area (Å²) in [5.41, 5.74) is -0.650. The van der Waals surface area contributed by atoms with Gasteiger partial charge >= 0.3 is 6.98 Å². The molecule has 1 aromatic carbocycles. The molecule has 0 N–H and O–H groups in total. The van der Waals surface area contributed by atoms with E-state index in [4.69, 9.17) is 0 Å². The van der Waals surface area contributed by atoms with Gasteiger partial charge in [-0.2, -0.15) is 0 Å². The molecule has 0 spiro atoms. The smallest absolute Gasteiger partial charge is 0.449 e. The SMILES string of the molecule is Fc1ccc(F)c(C23CC([B-](F)(F)F)(C2)C3)c1. The first-order valence-corrected chi connectivity index (χ1v) is 5.43. The van der Waals surface area contributed by atoms with Crippen molar-refractivity contribution >= 4 is 6.98 Å². The van der Waals surface area contributed by atoms with Crippen LogP contribution in [0.5, 0.6) is 0 Å². The highest BCUT2D eigenvalue weighted by Crippen LogP contribution is 2.82. The van der Waals surface area contributed by atoms with E-state index < -0.39 is 29.3 Å². The predicted octanol–water partition coefficient (Wildman–Crippen LogP) is 3.99. The predicted molar refractivity (Wildman–Crippen MR) is 53.7 cm³/mol. The van der Waals surface area contributed by atoms with Gasteiger partial charge in [-0.25, -0.2) is 8.78 Å². The molecule has 2 bridgehead atoms. The maximum absolute atomic E-state index is 13.5. The number of benzene rings is 1. The average molecular weight is 247 g/mol. The fourth-order valence-electron chi connectivity index (χ4n) is 3.40. The molecular weight excluding hydrogens is 238 g/mol. The standard InChI is InChI=1S/C11H9BF5/c13-7-1-2-9(14)8(3-7)10-4-11(5-10,6-10)12(15,16)17/h1-3H,4-6H2/q-1. The van der Waals surface area contributed by atoms with Crippen LogP contribution in [0.3, 0.4) is 0 Å². The zero-order chi connectivity index (χ0) is 12.5. The monoisotopic (exact) mass is 247 g/mol. The summed E-state index contributed by atoms with van der Waals surface area (Å²) < 4.78 is 64.5. The Labute approximate surface area is 94.9 Å². The molecular formula is C11H9BF5-. The van der Waals surface area contributed by atoms with Gasteiger partial charge in [-0.05, 0) is 29.2 Å². The summed E-state index contributed by atoms with van der Waals surface area (Å²) in [6, 6.07) is 2.99. The van der Waals surface area contributed by atoms with Crippen LogP contribution in [-0.2, 0) is 5.41 Å². The maximum atomic E-state index is 13.5. The van der Waals surface area contributed by atoms with Crippen LogP contribution in [-0.4, -0.2) is 6.98 Å². The zero-order valence-corrected chi connectivity index (χ0v) is 8.82. The first kappa shape index (κ1) is 11.0. The molecule has 0 unspecified atom stereocenters. The van der Waals surface area contributed by atoms with E-state index in [2.05, 4.69) is 0 Å². The summed E-state index contributed by atoms with van der Waals surface area (Å²) in [5, 5.41) is -1.57. The molecule has 0 saturated heterocycles. The van der Waals surface area contributed by atoms with E-state index in [1.165, 1.54) is 0 Å². The van der Waals surface area contributed by atoms with Crippen molar-refractivity contribution in [3.05, 3.63) is 35.4 Å². The first-order chi connectivity index (χ1) is 7.78. The molecule has 6 heteroatoms. The Morgan fingerprint density at radius 2 is 1.59 bits per heavy atom. The Morgan fingerprint density at radius 1 is 1.00 bits per heavy atom. The van der Waals surface area contributed by atoms with Gasteiger partial charge in [-0.15, -0.1) is 0 Å². The molecule has 3 aliphatic carbocycles. The molecule has 1 aromatic rings. The van der Waals surface area contributed by atoms with Gasteiger partial charge in [0.05, 0.1) is 0 Å². The minimum Gasteiger partial charge on any atom is -0.449 e. The second-order valence-electron chi connectivity index (χ2n) is 5.37. The van der Waals surface area contributed by atoms with Crippen molar-refractivity contribution < 1.29 is 21.7 Å². The van der Waals surface area contributed by atoms with E-state index in [0.717, 1.165) is 18.2 Å². The summed E-state index contributed by atoms with van der Waals surface area (Å²) in [7, 11) is 0. The maximum Gasteiger partial charge on any atom is 0.484 e. The first-order valence-electron chi connectivity index (χ1n) is 5.43. The summed E-state index contributed by atoms with van der Waals surface area (Å²) >= 11 is 0. The molecule has 0 radical (unpaired) electrons. The third-order valence-corrected chi connectivity index (χ3v) is 4.27. The van der Waals surface area contributed by atoms with E-state index >= 15 is 0 Å². The van der Waals surface area contributed by atoms with Crippen molar-refractivity contribution in [3.63, 3.8) is 0 Å². The molecule has 0 atom stereocenters. The summed E-state index contributed by atoms with van der Waals surface area (Å²) in [4.78, 5) is 0. The Bertz CT molecular complexity index is 473. The molecule has 3 saturated carbocycles. The molecule has 3 aliphatic rings. The highest BCUT2D eigenvalue weighted by atomic mass is 19.4. The zero-order valence-electron chi connectivity index (χ0n) is 8.82. The van der Waals surface area contributed by atoms with Crippen LogP contribution in [0, 0.1) is 11.6 Å². The van der Waals surface area contributed by atoms with Crippen molar-refractivity contribution in [2.75, 3.05) is 0 Å². The van der Waals surface area contributed by atoms with Crippen LogP contribution in [0.15, 0.2) is 18.2 Å². The highest BCUT2D eigenvalue weighted by molar-refractivity contribution is 6.63. The van der Waals surface area contributed by atoms with Crippen molar-refractivity contribution in [2.45, 2.75) is 30.0 Å². The van der Waals surface area contributed by atoms with E-state index in [1.807, 2.05) is 0 Å². The second kappa shape index (κ2) is 2.84. The van der Waals surface area contributed by atoms with Crippen molar-refractivity contribution in [2.24, 2.45) is 0 Å². The van der Waals surface area contributed by atoms with Crippen LogP contribution >= 0.6 is 0 Å². The van der Waals surface area contributed by atoms with Crippen molar-refractivity contribution in [3.8, 4) is 0 Å². The summed E-state index contributed by atoms with van der Waals surface area (Å²) in [6.45, 7) is -4.87. The fraction of sp³-hybridized carbons (Fsp3) is 0.455. The Morgan fingerprint density at radius 3 is 2.12 bits per heavy atom. The van der Waals surface area contributed by atoms with Crippen LogP contribution in [0.2, 0.25) is 5.31 Å². The van der Waals surface area contributed by atoms with Gasteiger partial charge in [0.25, 0.3) is 0 Å². The Kier molecular flexibility index (Phi) is 1.85. The van der Waals surface area contributed by atoms with Crippen LogP contribution in [0.1, 0.15) is 24.8 Å². The Hall–Kier alpha value is -1.07. The van der Waals surface area contributed by atoms with Gasteiger partial charge in [0.15, 0.2) is 0 Å². The average Bonchev–Trinajstić information content (AvgIpc) is 2.03. The summed E-state index contributed by atoms with van der Waals surface area (Å²) in [6.07, 6.45) is -0.238. The van der Waals surface area contributed by atoms with Gasteiger partial charge in [0, 0.05) is 0 Å². The van der Waals surface area contributed by atoms with Crippen molar-refractivity contribution in [1.29, 1.82) is 0 Å². The highest BCUT2D eigenvalue weighted by Gasteiger charge is 2.74. The van der Waals surface area contributed by atoms with E-state index in [0.29, 0.717) is 0 Å². The summed E-state index contributed by atoms with van der Waals surface area (Å²) in [5.74, 6) is -1.20. The van der Waals surface area contributed by atoms with E-state index in [9.17, 15) is 21.7 Å². The topological polar surface area (TPSA) is 0 Å². The lowest BCUT2D eigenvalue weighted by molar-refractivity contribution is -0.0426. The van der Waals surface area contributed by atoms with Crippen molar-refractivity contribution in [1.82, 2.24) is 0 Å². The fourth-order valence-corrected chi connectivity index (χ4v) is 3.40. The Balaban J connectivity index is 1.89. The van der Waals surface area contributed by atoms with Crippen LogP contribution in [0.4, 0.5) is 21.7 Å². The molecule has 92 valence electrons. The van der Waals surface area contributed by atoms with Gasteiger partial charge in [-0.3, -0.25) is 0 Å². The van der Waals surface area contributed by atoms with E-state index in [-0.39, 0.29) is 24.8 Å². The normalized spacial score (nSPS) is 35.1. The quantitative estimate of drug-likeness (QED) is 0.547. The largest absolute Gasteiger partial charge is 0.484 e. The third-order valence-electron chi connectivity index (χ3n) is 4.27. The molecule has 0 aliphatic heterocycles. The van der Waals surface area contributed by atoms with E-state index in [1.54, 1.807) is 0 Å². The van der Waals surface area contributed by atoms with Crippen LogP contribution < -0.4 is 0 Å². The number of rotatable bonds is 2. The molecule has 4 rings (SSSR count). The lowest BCUT2D eigenvalue weighted by Gasteiger charge is -2.75. The molecule has 0 aromatic heterocycles. The molecule has 0 nitrogen and oxygen atoms in total. The lowest BCUT2D eigenvalue weighted by atomic mass is 9.23. The number of hydrogen-bond donors (Lipinski definition) is 0. The molecule has 0 heterocycles. The minimum atomic E-state index is -4.87. The van der Waals surface area contributed by atoms with Gasteiger partial charge < -0.3 is 12.9 Å². The number of halogens is 5. The molecule has 3 fully saturated rings. The number of hydrogen-bond acceptors (Lipinski definition) is 0. The van der Waals surface area contributed by atoms with Gasteiger partial charge in [0.2, 0.25) is 0 Å². The lowest BCUT2D eigenvalue weighted by Crippen LogP contribution is -2.67. The minimum absolute atomic E-state index is 0.0795. The third kappa shape index (κ3) is 1.24. The molecule has 0 amide bonds. The second-order valence-corrected chi connectivity index (χ2v) is 5.37. The van der Waals surface area contributed by atoms with Gasteiger partial charge in [-0.1, -0.05) is 24.6 Å². The van der Waals surface area contributed by atoms with Gasteiger partial charge in [0.1, 0.15) is 11.6 Å². The van der Waals surface area contributed by atoms with Crippen LogP contribution in [0.25, 0.3) is 0 Å². The molecule has 17 heavy (non-hydrogen) atoms.